The minimum Gasteiger partial charge on any atom is -1.00 e. The number of benzene rings is 3. The van der Waals surface area contributed by atoms with E-state index in [4.69, 9.17) is 0 Å². The highest BCUT2D eigenvalue weighted by atomic mass is 79.9. The van der Waals surface area contributed by atoms with E-state index in [1.54, 1.807) is 24.3 Å². The second-order valence-electron chi connectivity index (χ2n) is 13.7. The molecule has 0 N–H and O–H groups in total. The molecule has 46 heavy (non-hydrogen) atoms. The van der Waals surface area contributed by atoms with Crippen LogP contribution in [-0.4, -0.2) is 110 Å². The summed E-state index contributed by atoms with van der Waals surface area (Å²) in [5.74, 6) is -0.693. The Morgan fingerprint density at radius 1 is 0.457 bits per heavy atom. The lowest BCUT2D eigenvalue weighted by molar-refractivity contribution is -0.891. The number of rotatable bonds is 15. The Morgan fingerprint density at radius 2 is 0.783 bits per heavy atom. The van der Waals surface area contributed by atoms with Crippen molar-refractivity contribution in [2.45, 2.75) is 38.5 Å². The summed E-state index contributed by atoms with van der Waals surface area (Å²) >= 11 is 0. The van der Waals surface area contributed by atoms with Gasteiger partial charge in [0.1, 0.15) is 0 Å². The Morgan fingerprint density at radius 3 is 1.17 bits per heavy atom. The normalized spacial score (nSPS) is 14.4. The first-order chi connectivity index (χ1) is 21.0. The van der Waals surface area contributed by atoms with E-state index in [-0.39, 0.29) is 57.6 Å². The molecule has 0 aromatic heterocycles. The molecule has 2 heterocycles. The van der Waals surface area contributed by atoms with Crippen molar-refractivity contribution >= 4 is 34.4 Å². The van der Waals surface area contributed by atoms with Crippen molar-refractivity contribution in [1.29, 1.82) is 0 Å². The number of carbonyl (C=O) groups excluding carboxylic acids is 4. The van der Waals surface area contributed by atoms with E-state index in [2.05, 4.69) is 28.2 Å². The third kappa shape index (κ3) is 8.51. The lowest BCUT2D eigenvalue weighted by Gasteiger charge is -2.31. The highest BCUT2D eigenvalue weighted by Gasteiger charge is 2.36. The molecule has 0 aliphatic carbocycles. The number of amides is 4. The summed E-state index contributed by atoms with van der Waals surface area (Å²) in [6.45, 7) is 4.87. The largest absolute Gasteiger partial charge is 1.00 e. The van der Waals surface area contributed by atoms with Crippen LogP contribution in [0.4, 0.5) is 0 Å². The van der Waals surface area contributed by atoms with Gasteiger partial charge in [0.05, 0.1) is 76.6 Å². The molecule has 3 aromatic carbocycles. The molecule has 5 rings (SSSR count). The molecule has 10 heteroatoms. The first-order valence-electron chi connectivity index (χ1n) is 16.0. The van der Waals surface area contributed by atoms with Crippen LogP contribution in [-0.2, 0) is 0 Å². The van der Waals surface area contributed by atoms with Gasteiger partial charge in [0.2, 0.25) is 0 Å². The van der Waals surface area contributed by atoms with Gasteiger partial charge in [-0.15, -0.1) is 0 Å². The zero-order valence-corrected chi connectivity index (χ0v) is 30.6. The number of fused-ring (bicyclic) bond motifs is 3. The molecule has 2 aliphatic heterocycles. The van der Waals surface area contributed by atoms with E-state index < -0.39 is 0 Å². The first kappa shape index (κ1) is 37.5. The van der Waals surface area contributed by atoms with Crippen molar-refractivity contribution in [3.05, 3.63) is 82.9 Å². The second-order valence-corrected chi connectivity index (χ2v) is 13.7. The number of nitrogens with zero attached hydrogens (tertiary/aromatic N) is 4. The smallest absolute Gasteiger partial charge is 0.261 e. The van der Waals surface area contributed by atoms with Gasteiger partial charge in [-0.05, 0) is 60.7 Å². The third-order valence-electron chi connectivity index (χ3n) is 9.28. The maximum atomic E-state index is 13.0. The molecule has 0 atom stereocenters. The predicted octanol–water partition coefficient (Wildman–Crippen LogP) is -0.767. The number of hydrogen-bond donors (Lipinski definition) is 0. The van der Waals surface area contributed by atoms with Crippen LogP contribution in [0, 0.1) is 0 Å². The second kappa shape index (κ2) is 15.8. The molecular weight excluding hydrogens is 712 g/mol. The topological polar surface area (TPSA) is 74.8 Å². The van der Waals surface area contributed by atoms with Crippen LogP contribution >= 0.6 is 0 Å². The van der Waals surface area contributed by atoms with E-state index in [1.807, 2.05) is 36.4 Å². The zero-order chi connectivity index (χ0) is 31.5. The number of halogens is 2. The third-order valence-corrected chi connectivity index (χ3v) is 9.28. The Kier molecular flexibility index (Phi) is 12.9. The fourth-order valence-electron chi connectivity index (χ4n) is 6.59. The summed E-state index contributed by atoms with van der Waals surface area (Å²) < 4.78 is 1.74. The van der Waals surface area contributed by atoms with E-state index in [1.165, 1.54) is 22.6 Å². The molecule has 0 spiro atoms. The van der Waals surface area contributed by atoms with Crippen molar-refractivity contribution in [2.24, 2.45) is 0 Å². The lowest BCUT2D eigenvalue weighted by Crippen LogP contribution is -3.00. The molecule has 8 nitrogen and oxygen atoms in total. The van der Waals surface area contributed by atoms with Gasteiger partial charge in [0.15, 0.2) is 0 Å². The van der Waals surface area contributed by atoms with Crippen molar-refractivity contribution in [3.8, 4) is 0 Å². The van der Waals surface area contributed by atoms with Gasteiger partial charge in [-0.1, -0.05) is 36.4 Å². The van der Waals surface area contributed by atoms with Crippen LogP contribution in [0.2, 0.25) is 0 Å². The average Bonchev–Trinajstić information content (AvgIpc) is 3.37. The van der Waals surface area contributed by atoms with E-state index in [0.717, 1.165) is 71.6 Å². The van der Waals surface area contributed by atoms with Gasteiger partial charge >= 0.3 is 0 Å². The Balaban J connectivity index is 0.00000288. The fourth-order valence-corrected chi connectivity index (χ4v) is 6.59. The maximum Gasteiger partial charge on any atom is 0.261 e. The van der Waals surface area contributed by atoms with Crippen LogP contribution in [0.25, 0.3) is 10.8 Å². The van der Waals surface area contributed by atoms with Gasteiger partial charge in [-0.3, -0.25) is 29.0 Å². The van der Waals surface area contributed by atoms with E-state index >= 15 is 0 Å². The van der Waals surface area contributed by atoms with Crippen molar-refractivity contribution < 1.29 is 62.1 Å². The van der Waals surface area contributed by atoms with Crippen molar-refractivity contribution in [3.63, 3.8) is 0 Å². The van der Waals surface area contributed by atoms with Crippen LogP contribution < -0.4 is 34.0 Å². The van der Waals surface area contributed by atoms with Crippen LogP contribution in [0.3, 0.4) is 0 Å². The van der Waals surface area contributed by atoms with Crippen LogP contribution in [0.1, 0.15) is 80.0 Å². The molecule has 2 aliphatic rings. The SMILES string of the molecule is C[N+](C)(CCCCCC[N+](C)(C)CCCN1C(=O)c2cc3ccccc3cc2C1=O)CCCN1C(=O)c2ccccc2C1=O.[Br-].[Br-]. The molecule has 0 saturated carbocycles. The Labute approximate surface area is 294 Å². The number of imide groups is 2. The summed E-state index contributed by atoms with van der Waals surface area (Å²) in [5, 5.41) is 1.96. The summed E-state index contributed by atoms with van der Waals surface area (Å²) in [5.41, 5.74) is 2.08. The summed E-state index contributed by atoms with van der Waals surface area (Å²) in [6, 6.07) is 18.6. The minimum absolute atomic E-state index is 0. The lowest BCUT2D eigenvalue weighted by atomic mass is 10.0. The Hall–Kier alpha value is -2.92. The van der Waals surface area contributed by atoms with Gasteiger partial charge in [0, 0.05) is 25.9 Å². The van der Waals surface area contributed by atoms with Gasteiger partial charge < -0.3 is 42.9 Å². The molecular formula is C36H46Br2N4O4. The molecule has 0 radical (unpaired) electrons. The summed E-state index contributed by atoms with van der Waals surface area (Å²) in [4.78, 5) is 54.0. The van der Waals surface area contributed by atoms with Crippen LogP contribution in [0.15, 0.2) is 60.7 Å². The highest BCUT2D eigenvalue weighted by molar-refractivity contribution is 6.23. The Bertz CT molecular complexity index is 1500. The van der Waals surface area contributed by atoms with Crippen molar-refractivity contribution in [2.75, 3.05) is 67.5 Å². The molecule has 0 fully saturated rings. The minimum atomic E-state index is -0.175. The predicted molar refractivity (Wildman–Crippen MR) is 173 cm³/mol. The highest BCUT2D eigenvalue weighted by Crippen LogP contribution is 2.28. The van der Waals surface area contributed by atoms with Gasteiger partial charge in [0.25, 0.3) is 23.6 Å². The summed E-state index contributed by atoms with van der Waals surface area (Å²) in [7, 11) is 8.89. The summed E-state index contributed by atoms with van der Waals surface area (Å²) in [6.07, 6.45) is 6.19. The van der Waals surface area contributed by atoms with Crippen LogP contribution in [0.5, 0.6) is 0 Å². The number of carbonyl (C=O) groups is 4. The molecule has 0 saturated heterocycles. The number of quaternary nitrogens is 2. The number of hydrogen-bond acceptors (Lipinski definition) is 4. The zero-order valence-electron chi connectivity index (χ0n) is 27.4. The molecule has 248 valence electrons. The van der Waals surface area contributed by atoms with Crippen molar-refractivity contribution in [1.82, 2.24) is 9.80 Å². The van der Waals surface area contributed by atoms with Gasteiger partial charge in [-0.2, -0.15) is 0 Å². The number of unbranched alkanes of at least 4 members (excludes halogenated alkanes) is 3. The monoisotopic (exact) mass is 756 g/mol. The molecule has 0 unspecified atom stereocenters. The van der Waals surface area contributed by atoms with Gasteiger partial charge in [-0.25, -0.2) is 0 Å². The standard InChI is InChI=1S/C36H46N4O4.2BrH/c1-39(2,23-13-19-37-33(41)29-17-9-10-18-30(29)34(37)42)21-11-5-6-12-22-40(3,4)24-14-20-38-35(43)31-25-27-15-7-8-16-28(27)26-32(31)36(38)44;;/h7-10,15-18,25-26H,5-6,11-14,19-24H2,1-4H3;2*1H/q+2;;/p-2. The fraction of sp³-hybridized carbons (Fsp3) is 0.444. The molecule has 0 bridgehead atoms. The molecule has 4 amide bonds. The molecule has 3 aromatic rings. The van der Waals surface area contributed by atoms with E-state index in [0.29, 0.717) is 35.3 Å². The quantitative estimate of drug-likeness (QED) is 0.116. The first-order valence-corrected chi connectivity index (χ1v) is 16.0. The maximum absolute atomic E-state index is 13.0. The van der Waals surface area contributed by atoms with E-state index in [9.17, 15) is 19.2 Å². The average molecular weight is 759 g/mol.